The monoisotopic (exact) mass is 296 g/mol. The highest BCUT2D eigenvalue weighted by molar-refractivity contribution is 5.48. The second-order valence-electron chi connectivity index (χ2n) is 6.79. The largest absolute Gasteiger partial charge is 0.487 e. The van der Waals surface area contributed by atoms with Crippen molar-refractivity contribution in [1.82, 2.24) is 10.3 Å². The third kappa shape index (κ3) is 3.00. The van der Waals surface area contributed by atoms with Gasteiger partial charge in [0.25, 0.3) is 0 Å². The maximum Gasteiger partial charge on any atom is 0.128 e. The Kier molecular flexibility index (Phi) is 3.92. The van der Waals surface area contributed by atoms with Crippen LogP contribution >= 0.6 is 0 Å². The van der Waals surface area contributed by atoms with Gasteiger partial charge in [0.1, 0.15) is 11.4 Å². The standard InChI is InChI=1S/C19H24N2O/c1-13-7-8-16-17(21-12-15-6-5-9-20-11-15)10-19(3,4)22-18(16)14(13)2/h5-9,11,17,21H,10,12H2,1-4H3. The maximum absolute atomic E-state index is 6.26. The molecule has 1 atom stereocenters. The van der Waals surface area contributed by atoms with E-state index in [1.54, 1.807) is 0 Å². The molecule has 116 valence electrons. The minimum absolute atomic E-state index is 0.155. The van der Waals surface area contributed by atoms with Crippen molar-refractivity contribution in [2.45, 2.75) is 52.3 Å². The molecule has 1 N–H and O–H groups in total. The van der Waals surface area contributed by atoms with Gasteiger partial charge in [-0.05, 0) is 50.5 Å². The van der Waals surface area contributed by atoms with Gasteiger partial charge < -0.3 is 10.1 Å². The van der Waals surface area contributed by atoms with Crippen LogP contribution in [0.25, 0.3) is 0 Å². The van der Waals surface area contributed by atoms with E-state index in [0.717, 1.165) is 18.7 Å². The van der Waals surface area contributed by atoms with E-state index in [0.29, 0.717) is 6.04 Å². The molecule has 0 saturated heterocycles. The van der Waals surface area contributed by atoms with Crippen LogP contribution < -0.4 is 10.1 Å². The Hall–Kier alpha value is -1.87. The zero-order chi connectivity index (χ0) is 15.7. The van der Waals surface area contributed by atoms with E-state index in [1.807, 2.05) is 18.5 Å². The second kappa shape index (κ2) is 5.73. The Bertz CT molecular complexity index is 665. The molecule has 0 bridgehead atoms. The maximum atomic E-state index is 6.26. The van der Waals surface area contributed by atoms with Crippen LogP contribution in [-0.2, 0) is 6.54 Å². The van der Waals surface area contributed by atoms with Crippen LogP contribution in [0.4, 0.5) is 0 Å². The molecule has 1 aromatic heterocycles. The molecule has 22 heavy (non-hydrogen) atoms. The quantitative estimate of drug-likeness (QED) is 0.926. The summed E-state index contributed by atoms with van der Waals surface area (Å²) >= 11 is 0. The molecule has 1 aromatic carbocycles. The van der Waals surface area contributed by atoms with Crippen molar-refractivity contribution in [3.63, 3.8) is 0 Å². The second-order valence-corrected chi connectivity index (χ2v) is 6.79. The predicted octanol–water partition coefficient (Wildman–Crippen LogP) is 4.09. The molecular formula is C19H24N2O. The lowest BCUT2D eigenvalue weighted by atomic mass is 9.87. The molecule has 0 radical (unpaired) electrons. The first-order valence-corrected chi connectivity index (χ1v) is 7.88. The van der Waals surface area contributed by atoms with Crippen molar-refractivity contribution in [3.05, 3.63) is 58.9 Å². The van der Waals surface area contributed by atoms with Crippen molar-refractivity contribution in [3.8, 4) is 5.75 Å². The van der Waals surface area contributed by atoms with Crippen LogP contribution in [0.15, 0.2) is 36.7 Å². The zero-order valence-electron chi connectivity index (χ0n) is 13.8. The minimum atomic E-state index is -0.155. The van der Waals surface area contributed by atoms with Crippen molar-refractivity contribution in [2.75, 3.05) is 0 Å². The lowest BCUT2D eigenvalue weighted by Crippen LogP contribution is -2.39. The number of rotatable bonds is 3. The van der Waals surface area contributed by atoms with E-state index < -0.39 is 0 Å². The number of nitrogens with one attached hydrogen (secondary N) is 1. The SMILES string of the molecule is Cc1ccc2c(c1C)OC(C)(C)CC2NCc1cccnc1. The first-order chi connectivity index (χ1) is 10.5. The highest BCUT2D eigenvalue weighted by atomic mass is 16.5. The van der Waals surface area contributed by atoms with Crippen molar-refractivity contribution >= 4 is 0 Å². The van der Waals surface area contributed by atoms with Crippen LogP contribution in [0.5, 0.6) is 5.75 Å². The summed E-state index contributed by atoms with van der Waals surface area (Å²) < 4.78 is 6.26. The van der Waals surface area contributed by atoms with Crippen LogP contribution in [0.3, 0.4) is 0 Å². The molecule has 1 aliphatic rings. The molecule has 3 nitrogen and oxygen atoms in total. The highest BCUT2D eigenvalue weighted by Gasteiger charge is 2.34. The van der Waals surface area contributed by atoms with Crippen molar-refractivity contribution < 1.29 is 4.74 Å². The molecule has 3 rings (SSSR count). The zero-order valence-corrected chi connectivity index (χ0v) is 13.8. The summed E-state index contributed by atoms with van der Waals surface area (Å²) in [6, 6.07) is 8.78. The highest BCUT2D eigenvalue weighted by Crippen LogP contribution is 2.42. The average molecular weight is 296 g/mol. The van der Waals surface area contributed by atoms with Gasteiger partial charge in [-0.1, -0.05) is 18.2 Å². The molecule has 1 aliphatic heterocycles. The summed E-state index contributed by atoms with van der Waals surface area (Å²) in [5.41, 5.74) is 4.85. The summed E-state index contributed by atoms with van der Waals surface area (Å²) in [6.07, 6.45) is 4.68. The molecular weight excluding hydrogens is 272 g/mol. The number of nitrogens with zero attached hydrogens (tertiary/aromatic N) is 1. The van der Waals surface area contributed by atoms with Gasteiger partial charge in [0.05, 0.1) is 0 Å². The van der Waals surface area contributed by atoms with Crippen LogP contribution in [0.1, 0.15) is 48.6 Å². The lowest BCUT2D eigenvalue weighted by Gasteiger charge is -2.39. The Morgan fingerprint density at radius 2 is 2.09 bits per heavy atom. The Balaban J connectivity index is 1.87. The summed E-state index contributed by atoms with van der Waals surface area (Å²) in [5, 5.41) is 3.68. The van der Waals surface area contributed by atoms with E-state index in [4.69, 9.17) is 4.74 Å². The summed E-state index contributed by atoms with van der Waals surface area (Å²) in [5.74, 6) is 1.06. The van der Waals surface area contributed by atoms with E-state index in [2.05, 4.69) is 56.2 Å². The van der Waals surface area contributed by atoms with Gasteiger partial charge in [0.15, 0.2) is 0 Å². The van der Waals surface area contributed by atoms with Gasteiger partial charge in [0, 0.05) is 37.0 Å². The predicted molar refractivity (Wildman–Crippen MR) is 89.1 cm³/mol. The number of aryl methyl sites for hydroxylation is 1. The Morgan fingerprint density at radius 3 is 2.82 bits per heavy atom. The van der Waals surface area contributed by atoms with Gasteiger partial charge in [-0.3, -0.25) is 4.98 Å². The fourth-order valence-corrected chi connectivity index (χ4v) is 3.07. The van der Waals surface area contributed by atoms with Crippen molar-refractivity contribution in [2.24, 2.45) is 0 Å². The Labute approximate surface area is 132 Å². The minimum Gasteiger partial charge on any atom is -0.487 e. The fraction of sp³-hybridized carbons (Fsp3) is 0.421. The molecule has 0 fully saturated rings. The van der Waals surface area contributed by atoms with Gasteiger partial charge in [-0.2, -0.15) is 0 Å². The number of hydrogen-bond acceptors (Lipinski definition) is 3. The number of fused-ring (bicyclic) bond motifs is 1. The molecule has 0 aliphatic carbocycles. The number of benzene rings is 1. The smallest absolute Gasteiger partial charge is 0.128 e. The molecule has 1 unspecified atom stereocenters. The molecule has 0 amide bonds. The van der Waals surface area contributed by atoms with E-state index in [1.165, 1.54) is 22.3 Å². The summed E-state index contributed by atoms with van der Waals surface area (Å²) in [4.78, 5) is 4.18. The lowest BCUT2D eigenvalue weighted by molar-refractivity contribution is 0.0647. The van der Waals surface area contributed by atoms with Gasteiger partial charge >= 0.3 is 0 Å². The van der Waals surface area contributed by atoms with Gasteiger partial charge in [-0.25, -0.2) is 0 Å². The van der Waals surface area contributed by atoms with Crippen LogP contribution in [-0.4, -0.2) is 10.6 Å². The van der Waals surface area contributed by atoms with Crippen molar-refractivity contribution in [1.29, 1.82) is 0 Å². The number of aromatic nitrogens is 1. The molecule has 0 spiro atoms. The Morgan fingerprint density at radius 1 is 1.27 bits per heavy atom. The van der Waals surface area contributed by atoms with E-state index in [-0.39, 0.29) is 5.60 Å². The fourth-order valence-electron chi connectivity index (χ4n) is 3.07. The van der Waals surface area contributed by atoms with Gasteiger partial charge in [-0.15, -0.1) is 0 Å². The third-order valence-electron chi connectivity index (χ3n) is 4.43. The molecule has 0 saturated carbocycles. The number of hydrogen-bond donors (Lipinski definition) is 1. The number of ether oxygens (including phenoxy) is 1. The molecule has 2 aromatic rings. The van der Waals surface area contributed by atoms with E-state index >= 15 is 0 Å². The van der Waals surface area contributed by atoms with Gasteiger partial charge in [0.2, 0.25) is 0 Å². The average Bonchev–Trinajstić information content (AvgIpc) is 2.49. The van der Waals surface area contributed by atoms with Crippen LogP contribution in [0, 0.1) is 13.8 Å². The van der Waals surface area contributed by atoms with Crippen LogP contribution in [0.2, 0.25) is 0 Å². The topological polar surface area (TPSA) is 34.1 Å². The molecule has 2 heterocycles. The molecule has 3 heteroatoms. The first kappa shape index (κ1) is 15.0. The third-order valence-corrected chi connectivity index (χ3v) is 4.43. The normalized spacial score (nSPS) is 19.4. The van der Waals surface area contributed by atoms with E-state index in [9.17, 15) is 0 Å². The first-order valence-electron chi connectivity index (χ1n) is 7.88. The summed E-state index contributed by atoms with van der Waals surface area (Å²) in [6.45, 7) is 9.43. The summed E-state index contributed by atoms with van der Waals surface area (Å²) in [7, 11) is 0. The number of pyridine rings is 1.